The average Bonchev–Trinajstić information content (AvgIpc) is 2.98. The van der Waals surface area contributed by atoms with E-state index in [0.29, 0.717) is 22.8 Å². The molecule has 29 heavy (non-hydrogen) atoms. The van der Waals surface area contributed by atoms with Gasteiger partial charge in [0.25, 0.3) is 5.91 Å². The zero-order valence-electron chi connectivity index (χ0n) is 17.6. The maximum absolute atomic E-state index is 12.2. The lowest BCUT2D eigenvalue weighted by Crippen LogP contribution is -2.46. The number of likely N-dealkylation sites (N-methyl/N-ethyl adjacent to an activating group) is 1. The minimum Gasteiger partial charge on any atom is -0.465 e. The number of anilines is 2. The van der Waals surface area contributed by atoms with E-state index < -0.39 is 5.97 Å². The molecule has 2 heterocycles. The number of carbonyl (C=O) groups is 2. The van der Waals surface area contributed by atoms with Crippen LogP contribution >= 0.6 is 0 Å². The van der Waals surface area contributed by atoms with Gasteiger partial charge < -0.3 is 24.3 Å². The summed E-state index contributed by atoms with van der Waals surface area (Å²) < 4.78 is 10.6. The summed E-state index contributed by atoms with van der Waals surface area (Å²) in [6, 6.07) is 7.75. The van der Waals surface area contributed by atoms with Gasteiger partial charge in [-0.25, -0.2) is 4.79 Å². The first-order valence-electron chi connectivity index (χ1n) is 10.00. The lowest BCUT2D eigenvalue weighted by atomic mass is 10.1. The first kappa shape index (κ1) is 20.9. The second-order valence-corrected chi connectivity index (χ2v) is 7.31. The molecule has 0 unspecified atom stereocenters. The Bertz CT molecular complexity index is 865. The predicted octanol–water partition coefficient (Wildman–Crippen LogP) is 3.14. The number of nitrogens with zero attached hydrogens (tertiary/aromatic N) is 2. The number of hydrogen-bond acceptors (Lipinski definition) is 6. The van der Waals surface area contributed by atoms with E-state index >= 15 is 0 Å². The number of ether oxygens (including phenoxy) is 1. The van der Waals surface area contributed by atoms with E-state index in [9.17, 15) is 9.59 Å². The van der Waals surface area contributed by atoms with Gasteiger partial charge in [0, 0.05) is 43.1 Å². The molecule has 1 fully saturated rings. The summed E-state index contributed by atoms with van der Waals surface area (Å²) in [5.41, 5.74) is 2.95. The highest BCUT2D eigenvalue weighted by molar-refractivity contribution is 5.96. The van der Waals surface area contributed by atoms with E-state index in [0.717, 1.165) is 44.0 Å². The quantitative estimate of drug-likeness (QED) is 0.752. The van der Waals surface area contributed by atoms with Crippen LogP contribution in [0.2, 0.25) is 0 Å². The third-order valence-corrected chi connectivity index (χ3v) is 5.44. The summed E-state index contributed by atoms with van der Waals surface area (Å²) in [4.78, 5) is 29.2. The van der Waals surface area contributed by atoms with Crippen molar-refractivity contribution in [1.82, 2.24) is 4.90 Å². The predicted molar refractivity (Wildman–Crippen MR) is 113 cm³/mol. The highest BCUT2D eigenvalue weighted by Crippen LogP contribution is 2.22. The number of aryl methyl sites for hydroxylation is 2. The van der Waals surface area contributed by atoms with E-state index in [1.165, 1.54) is 0 Å². The van der Waals surface area contributed by atoms with Crippen LogP contribution in [0.1, 0.15) is 34.4 Å². The molecule has 1 saturated heterocycles. The Labute approximate surface area is 171 Å². The van der Waals surface area contributed by atoms with E-state index in [1.807, 2.05) is 24.3 Å². The number of piperazine rings is 1. The second-order valence-electron chi connectivity index (χ2n) is 7.31. The molecule has 0 radical (unpaired) electrons. The zero-order valence-corrected chi connectivity index (χ0v) is 17.6. The normalized spacial score (nSPS) is 14.7. The Morgan fingerprint density at radius 1 is 1.03 bits per heavy atom. The molecule has 3 rings (SSSR count). The van der Waals surface area contributed by atoms with E-state index in [2.05, 4.69) is 22.0 Å². The zero-order chi connectivity index (χ0) is 21.0. The molecule has 0 atom stereocenters. The number of rotatable bonds is 6. The Kier molecular flexibility index (Phi) is 6.59. The fraction of sp³-hybridized carbons (Fsp3) is 0.455. The number of hydrogen-bond donors (Lipinski definition) is 1. The van der Waals surface area contributed by atoms with Gasteiger partial charge in [-0.1, -0.05) is 6.92 Å². The van der Waals surface area contributed by atoms with Crippen molar-refractivity contribution in [2.45, 2.75) is 27.7 Å². The molecule has 0 bridgehead atoms. The SMILES string of the molecule is CCN1CCN(c2ccc(NC(=O)COC(=O)c3c(C)oc(C)c3C)cc2)CC1. The number of amides is 1. The molecule has 0 saturated carbocycles. The minimum absolute atomic E-state index is 0.345. The highest BCUT2D eigenvalue weighted by Gasteiger charge is 2.21. The molecule has 2 aromatic rings. The smallest absolute Gasteiger partial charge is 0.342 e. The Morgan fingerprint density at radius 3 is 2.24 bits per heavy atom. The third-order valence-electron chi connectivity index (χ3n) is 5.44. The molecule has 1 aromatic heterocycles. The van der Waals surface area contributed by atoms with Gasteiger partial charge in [0.05, 0.1) is 0 Å². The third kappa shape index (κ3) is 4.98. The standard InChI is InChI=1S/C22H29N3O4/c1-5-24-10-12-25(13-11-24)19-8-6-18(7-9-19)23-20(26)14-28-22(27)21-15(2)16(3)29-17(21)4/h6-9H,5,10-14H2,1-4H3,(H,23,26). The van der Waals surface area contributed by atoms with Crippen LogP contribution in [0.25, 0.3) is 0 Å². The van der Waals surface area contributed by atoms with Gasteiger partial charge in [-0.2, -0.15) is 0 Å². The molecular weight excluding hydrogens is 370 g/mol. The van der Waals surface area contributed by atoms with Crippen molar-refractivity contribution in [3.8, 4) is 0 Å². The summed E-state index contributed by atoms with van der Waals surface area (Å²) in [6.07, 6.45) is 0. The largest absolute Gasteiger partial charge is 0.465 e. The molecule has 0 aliphatic carbocycles. The molecule has 156 valence electrons. The number of carbonyl (C=O) groups excluding carboxylic acids is 2. The molecule has 1 aliphatic rings. The van der Waals surface area contributed by atoms with Crippen LogP contribution in [0.4, 0.5) is 11.4 Å². The minimum atomic E-state index is -0.548. The number of nitrogens with one attached hydrogen (secondary N) is 1. The summed E-state index contributed by atoms with van der Waals surface area (Å²) in [6.45, 7) is 12.4. The summed E-state index contributed by atoms with van der Waals surface area (Å²) in [7, 11) is 0. The Balaban J connectivity index is 1.50. The summed E-state index contributed by atoms with van der Waals surface area (Å²) in [5, 5.41) is 2.76. The fourth-order valence-electron chi connectivity index (χ4n) is 3.57. The number of esters is 1. The lowest BCUT2D eigenvalue weighted by molar-refractivity contribution is -0.119. The van der Waals surface area contributed by atoms with Crippen LogP contribution in [-0.2, 0) is 9.53 Å². The number of furan rings is 1. The van der Waals surface area contributed by atoms with Gasteiger partial charge >= 0.3 is 5.97 Å². The molecule has 1 aliphatic heterocycles. The van der Waals surface area contributed by atoms with Gasteiger partial charge in [-0.3, -0.25) is 4.79 Å². The van der Waals surface area contributed by atoms with Gasteiger partial charge in [-0.15, -0.1) is 0 Å². The van der Waals surface area contributed by atoms with Crippen molar-refractivity contribution in [2.75, 3.05) is 49.5 Å². The van der Waals surface area contributed by atoms with Gasteiger partial charge in [0.15, 0.2) is 6.61 Å². The van der Waals surface area contributed by atoms with E-state index in [4.69, 9.17) is 9.15 Å². The molecule has 1 aromatic carbocycles. The average molecular weight is 399 g/mol. The van der Waals surface area contributed by atoms with Crippen molar-refractivity contribution in [3.63, 3.8) is 0 Å². The fourth-order valence-corrected chi connectivity index (χ4v) is 3.57. The van der Waals surface area contributed by atoms with Crippen LogP contribution in [0, 0.1) is 20.8 Å². The molecular formula is C22H29N3O4. The molecule has 1 N–H and O–H groups in total. The van der Waals surface area contributed by atoms with Crippen LogP contribution in [0.15, 0.2) is 28.7 Å². The van der Waals surface area contributed by atoms with Crippen molar-refractivity contribution in [2.24, 2.45) is 0 Å². The molecule has 7 heteroatoms. The van der Waals surface area contributed by atoms with Gasteiger partial charge in [0.2, 0.25) is 0 Å². The maximum Gasteiger partial charge on any atom is 0.342 e. The Morgan fingerprint density at radius 2 is 1.69 bits per heavy atom. The van der Waals surface area contributed by atoms with Gasteiger partial charge in [-0.05, 0) is 51.6 Å². The van der Waals surface area contributed by atoms with Crippen molar-refractivity contribution in [3.05, 3.63) is 46.9 Å². The molecule has 0 spiro atoms. The van der Waals surface area contributed by atoms with E-state index in [-0.39, 0.29) is 12.5 Å². The first-order chi connectivity index (χ1) is 13.9. The summed E-state index contributed by atoms with van der Waals surface area (Å²) >= 11 is 0. The maximum atomic E-state index is 12.2. The van der Waals surface area contributed by atoms with Crippen molar-refractivity contribution >= 4 is 23.3 Å². The van der Waals surface area contributed by atoms with E-state index in [1.54, 1.807) is 20.8 Å². The van der Waals surface area contributed by atoms with Gasteiger partial charge in [0.1, 0.15) is 17.1 Å². The molecule has 7 nitrogen and oxygen atoms in total. The topological polar surface area (TPSA) is 75.0 Å². The van der Waals surface area contributed by atoms with Crippen LogP contribution < -0.4 is 10.2 Å². The Hall–Kier alpha value is -2.80. The van der Waals surface area contributed by atoms with Crippen molar-refractivity contribution < 1.29 is 18.7 Å². The monoisotopic (exact) mass is 399 g/mol. The lowest BCUT2D eigenvalue weighted by Gasteiger charge is -2.35. The first-order valence-corrected chi connectivity index (χ1v) is 10.00. The second kappa shape index (κ2) is 9.13. The van der Waals surface area contributed by atoms with Crippen molar-refractivity contribution in [1.29, 1.82) is 0 Å². The number of benzene rings is 1. The highest BCUT2D eigenvalue weighted by atomic mass is 16.5. The van der Waals surface area contributed by atoms with Crippen LogP contribution in [-0.4, -0.2) is 56.1 Å². The summed E-state index contributed by atoms with van der Waals surface area (Å²) in [5.74, 6) is 0.252. The van der Waals surface area contributed by atoms with Crippen LogP contribution in [0.3, 0.4) is 0 Å². The van der Waals surface area contributed by atoms with Crippen LogP contribution in [0.5, 0.6) is 0 Å². The molecule has 1 amide bonds.